The standard InChI is InChI=1S/C23H17Cl2N3O2/c24-18-10-6-16(7-11-18)23(30,17-8-12-19(25)13-9-17)22(29)28-27-21-14-5-15-3-1-2-4-20(15)26-21/h1-14,30H,(H,26,27)(H,28,29). The third-order valence-corrected chi connectivity index (χ3v) is 5.26. The molecule has 1 amide bonds. The molecule has 3 aromatic carbocycles. The molecule has 0 radical (unpaired) electrons. The molecule has 1 aromatic heterocycles. The highest BCUT2D eigenvalue weighted by Crippen LogP contribution is 2.31. The van der Waals surface area contributed by atoms with Gasteiger partial charge in [0.2, 0.25) is 0 Å². The molecule has 0 unspecified atom stereocenters. The Kier molecular flexibility index (Phi) is 5.59. The van der Waals surface area contributed by atoms with Crippen molar-refractivity contribution in [2.75, 3.05) is 5.43 Å². The first kappa shape index (κ1) is 20.2. The number of hydrogen-bond donors (Lipinski definition) is 3. The highest BCUT2D eigenvalue weighted by Gasteiger charge is 2.40. The van der Waals surface area contributed by atoms with Crippen molar-refractivity contribution in [3.05, 3.63) is 106 Å². The molecule has 0 fully saturated rings. The van der Waals surface area contributed by atoms with Crippen LogP contribution in [0.1, 0.15) is 11.1 Å². The van der Waals surface area contributed by atoms with E-state index < -0.39 is 11.5 Å². The minimum atomic E-state index is -1.97. The van der Waals surface area contributed by atoms with Crippen LogP contribution >= 0.6 is 23.2 Å². The van der Waals surface area contributed by atoms with Crippen molar-refractivity contribution >= 4 is 45.8 Å². The number of anilines is 1. The number of hydrazine groups is 1. The van der Waals surface area contributed by atoms with E-state index >= 15 is 0 Å². The van der Waals surface area contributed by atoms with Gasteiger partial charge in [0.25, 0.3) is 5.91 Å². The van der Waals surface area contributed by atoms with Gasteiger partial charge in [-0.15, -0.1) is 0 Å². The molecule has 0 aliphatic carbocycles. The van der Waals surface area contributed by atoms with Crippen molar-refractivity contribution in [3.63, 3.8) is 0 Å². The van der Waals surface area contributed by atoms with Crippen LogP contribution in [0.3, 0.4) is 0 Å². The lowest BCUT2D eigenvalue weighted by Gasteiger charge is -2.28. The largest absolute Gasteiger partial charge is 0.372 e. The van der Waals surface area contributed by atoms with Gasteiger partial charge < -0.3 is 5.11 Å². The van der Waals surface area contributed by atoms with Crippen molar-refractivity contribution in [2.45, 2.75) is 5.60 Å². The number of nitrogens with one attached hydrogen (secondary N) is 2. The molecule has 7 heteroatoms. The fourth-order valence-electron chi connectivity index (χ4n) is 3.16. The third kappa shape index (κ3) is 3.96. The van der Waals surface area contributed by atoms with Crippen LogP contribution in [-0.2, 0) is 10.4 Å². The minimum Gasteiger partial charge on any atom is -0.372 e. The summed E-state index contributed by atoms with van der Waals surface area (Å²) < 4.78 is 0. The number of aromatic nitrogens is 1. The van der Waals surface area contributed by atoms with E-state index in [1.807, 2.05) is 30.3 Å². The van der Waals surface area contributed by atoms with E-state index in [2.05, 4.69) is 15.8 Å². The highest BCUT2D eigenvalue weighted by molar-refractivity contribution is 6.30. The summed E-state index contributed by atoms with van der Waals surface area (Å²) in [7, 11) is 0. The number of halogens is 2. The monoisotopic (exact) mass is 437 g/mol. The average molecular weight is 438 g/mol. The van der Waals surface area contributed by atoms with Crippen molar-refractivity contribution in [1.29, 1.82) is 0 Å². The van der Waals surface area contributed by atoms with E-state index in [4.69, 9.17) is 23.2 Å². The lowest BCUT2D eigenvalue weighted by molar-refractivity contribution is -0.136. The molecule has 0 aliphatic heterocycles. The van der Waals surface area contributed by atoms with E-state index in [0.29, 0.717) is 27.0 Å². The summed E-state index contributed by atoms with van der Waals surface area (Å²) >= 11 is 12.0. The number of amides is 1. The molecule has 30 heavy (non-hydrogen) atoms. The zero-order chi connectivity index (χ0) is 21.1. The van der Waals surface area contributed by atoms with E-state index in [9.17, 15) is 9.90 Å². The molecular formula is C23H17Cl2N3O2. The van der Waals surface area contributed by atoms with Gasteiger partial charge in [0, 0.05) is 15.4 Å². The quantitative estimate of drug-likeness (QED) is 0.387. The number of rotatable bonds is 5. The van der Waals surface area contributed by atoms with Gasteiger partial charge in [-0.05, 0) is 53.6 Å². The van der Waals surface area contributed by atoms with Crippen LogP contribution in [0.25, 0.3) is 10.9 Å². The number of benzene rings is 3. The zero-order valence-electron chi connectivity index (χ0n) is 15.6. The maximum atomic E-state index is 13.2. The molecular weight excluding hydrogens is 421 g/mol. The average Bonchev–Trinajstić information content (AvgIpc) is 2.77. The number of carbonyl (C=O) groups is 1. The van der Waals surface area contributed by atoms with Crippen LogP contribution in [0.2, 0.25) is 10.0 Å². The van der Waals surface area contributed by atoms with Gasteiger partial charge in [-0.25, -0.2) is 4.98 Å². The first-order chi connectivity index (χ1) is 14.5. The summed E-state index contributed by atoms with van der Waals surface area (Å²) in [6, 6.07) is 24.1. The lowest BCUT2D eigenvalue weighted by atomic mass is 9.85. The number of aliphatic hydroxyl groups is 1. The maximum absolute atomic E-state index is 13.2. The Morgan fingerprint density at radius 1 is 0.800 bits per heavy atom. The van der Waals surface area contributed by atoms with E-state index in [1.165, 1.54) is 0 Å². The van der Waals surface area contributed by atoms with E-state index in [-0.39, 0.29) is 0 Å². The SMILES string of the molecule is O=C(NNc1ccc2ccccc2n1)C(O)(c1ccc(Cl)cc1)c1ccc(Cl)cc1. The molecule has 4 rings (SSSR count). The van der Waals surface area contributed by atoms with Gasteiger partial charge in [0.15, 0.2) is 5.60 Å². The van der Waals surface area contributed by atoms with Gasteiger partial charge in [-0.1, -0.05) is 65.7 Å². The third-order valence-electron chi connectivity index (χ3n) is 4.76. The molecule has 0 aliphatic rings. The second-order valence-corrected chi connectivity index (χ2v) is 7.57. The van der Waals surface area contributed by atoms with Crippen molar-refractivity contribution < 1.29 is 9.90 Å². The van der Waals surface area contributed by atoms with E-state index in [0.717, 1.165) is 10.9 Å². The Balaban J connectivity index is 1.64. The summed E-state index contributed by atoms with van der Waals surface area (Å²) in [6.45, 7) is 0. The van der Waals surface area contributed by atoms with E-state index in [1.54, 1.807) is 54.6 Å². The Morgan fingerprint density at radius 3 is 1.97 bits per heavy atom. The number of hydrogen-bond acceptors (Lipinski definition) is 4. The second kappa shape index (κ2) is 8.32. The van der Waals surface area contributed by atoms with Crippen LogP contribution in [0.5, 0.6) is 0 Å². The maximum Gasteiger partial charge on any atom is 0.279 e. The van der Waals surface area contributed by atoms with Crippen LogP contribution in [0.15, 0.2) is 84.9 Å². The van der Waals surface area contributed by atoms with Crippen molar-refractivity contribution in [3.8, 4) is 0 Å². The minimum absolute atomic E-state index is 0.361. The Morgan fingerprint density at radius 2 is 1.37 bits per heavy atom. The number of pyridine rings is 1. The van der Waals surface area contributed by atoms with Gasteiger partial charge in [0.1, 0.15) is 5.82 Å². The molecule has 1 heterocycles. The highest BCUT2D eigenvalue weighted by atomic mass is 35.5. The summed E-state index contributed by atoms with van der Waals surface area (Å²) in [5.41, 5.74) is 4.87. The smallest absolute Gasteiger partial charge is 0.279 e. The summed E-state index contributed by atoms with van der Waals surface area (Å²) in [5, 5.41) is 13.5. The second-order valence-electron chi connectivity index (χ2n) is 6.69. The number of fused-ring (bicyclic) bond motifs is 1. The predicted octanol–water partition coefficient (Wildman–Crippen LogP) is 4.92. The molecule has 0 bridgehead atoms. The van der Waals surface area contributed by atoms with Gasteiger partial charge >= 0.3 is 0 Å². The van der Waals surface area contributed by atoms with Crippen LogP contribution in [0.4, 0.5) is 5.82 Å². The summed E-state index contributed by atoms with van der Waals surface area (Å²) in [6.07, 6.45) is 0. The first-order valence-electron chi connectivity index (χ1n) is 9.13. The normalized spacial score (nSPS) is 11.3. The van der Waals surface area contributed by atoms with Crippen molar-refractivity contribution in [2.24, 2.45) is 0 Å². The Hall–Kier alpha value is -3.12. The molecule has 4 aromatic rings. The van der Waals surface area contributed by atoms with Crippen LogP contribution < -0.4 is 10.9 Å². The molecule has 0 spiro atoms. The van der Waals surface area contributed by atoms with Crippen molar-refractivity contribution in [1.82, 2.24) is 10.4 Å². The predicted molar refractivity (Wildman–Crippen MR) is 119 cm³/mol. The van der Waals surface area contributed by atoms with Crippen LogP contribution in [-0.4, -0.2) is 16.0 Å². The zero-order valence-corrected chi connectivity index (χ0v) is 17.2. The molecule has 3 N–H and O–H groups in total. The molecule has 5 nitrogen and oxygen atoms in total. The number of para-hydroxylation sites is 1. The van der Waals surface area contributed by atoms with Gasteiger partial charge in [-0.3, -0.25) is 15.6 Å². The fourth-order valence-corrected chi connectivity index (χ4v) is 3.41. The Labute approximate surface area is 183 Å². The molecule has 0 saturated carbocycles. The molecule has 150 valence electrons. The van der Waals surface area contributed by atoms with Crippen LogP contribution in [0, 0.1) is 0 Å². The Bertz CT molecular complexity index is 1150. The molecule has 0 saturated heterocycles. The topological polar surface area (TPSA) is 74.2 Å². The number of carbonyl (C=O) groups excluding carboxylic acids is 1. The number of nitrogens with zero attached hydrogens (tertiary/aromatic N) is 1. The first-order valence-corrected chi connectivity index (χ1v) is 9.89. The summed E-state index contributed by atoms with van der Waals surface area (Å²) in [4.78, 5) is 17.6. The van der Waals surface area contributed by atoms with Gasteiger partial charge in [-0.2, -0.15) is 0 Å². The summed E-state index contributed by atoms with van der Waals surface area (Å²) in [5.74, 6) is -0.237. The lowest BCUT2D eigenvalue weighted by Crippen LogP contribution is -2.47. The van der Waals surface area contributed by atoms with Gasteiger partial charge in [0.05, 0.1) is 5.52 Å². The fraction of sp³-hybridized carbons (Fsp3) is 0.0435. The molecule has 0 atom stereocenters.